The van der Waals surface area contributed by atoms with Crippen LogP contribution in [0.3, 0.4) is 0 Å². The largest absolute Gasteiger partial charge is 0.476 e. The first kappa shape index (κ1) is 22.1. The van der Waals surface area contributed by atoms with Crippen molar-refractivity contribution in [1.29, 1.82) is 0 Å². The lowest BCUT2D eigenvalue weighted by Gasteiger charge is -2.22. The zero-order valence-corrected chi connectivity index (χ0v) is 18.5. The minimum absolute atomic E-state index is 0.0310. The van der Waals surface area contributed by atoms with E-state index in [0.717, 1.165) is 42.8 Å². The van der Waals surface area contributed by atoms with Gasteiger partial charge in [0.2, 0.25) is 5.88 Å². The summed E-state index contributed by atoms with van der Waals surface area (Å²) in [6.07, 6.45) is 5.53. The van der Waals surface area contributed by atoms with E-state index in [4.69, 9.17) is 10.5 Å². The van der Waals surface area contributed by atoms with E-state index in [2.05, 4.69) is 25.6 Å². The maximum absolute atomic E-state index is 14.5. The van der Waals surface area contributed by atoms with Crippen molar-refractivity contribution in [3.63, 3.8) is 0 Å². The second-order valence-corrected chi connectivity index (χ2v) is 8.59. The van der Waals surface area contributed by atoms with E-state index in [9.17, 15) is 9.18 Å². The Balaban J connectivity index is 1.52. The molecule has 0 saturated carbocycles. The van der Waals surface area contributed by atoms with Crippen LogP contribution in [0.15, 0.2) is 30.7 Å². The molecule has 32 heavy (non-hydrogen) atoms. The summed E-state index contributed by atoms with van der Waals surface area (Å²) in [6, 6.07) is 4.87. The molecule has 0 bridgehead atoms. The summed E-state index contributed by atoms with van der Waals surface area (Å²) in [6.45, 7) is 4.38. The molecule has 1 amide bonds. The molecule has 3 heterocycles. The van der Waals surface area contributed by atoms with Crippen molar-refractivity contribution in [2.45, 2.75) is 26.2 Å². The second-order valence-electron chi connectivity index (χ2n) is 7.56. The highest BCUT2D eigenvalue weighted by molar-refractivity contribution is 7.19. The van der Waals surface area contributed by atoms with Crippen LogP contribution in [0, 0.1) is 11.7 Å². The van der Waals surface area contributed by atoms with E-state index in [1.54, 1.807) is 6.07 Å². The number of thiazole rings is 1. The molecule has 1 aliphatic rings. The molecule has 1 saturated heterocycles. The van der Waals surface area contributed by atoms with Crippen LogP contribution in [-0.4, -0.2) is 40.6 Å². The molecule has 4 rings (SSSR count). The first-order valence-electron chi connectivity index (χ1n) is 10.6. The van der Waals surface area contributed by atoms with Crippen molar-refractivity contribution in [3.8, 4) is 16.5 Å². The van der Waals surface area contributed by atoms with E-state index in [1.165, 1.54) is 18.6 Å². The fourth-order valence-corrected chi connectivity index (χ4v) is 4.56. The normalized spacial score (nSPS) is 14.3. The fourth-order valence-electron chi connectivity index (χ4n) is 3.65. The van der Waals surface area contributed by atoms with Gasteiger partial charge in [-0.1, -0.05) is 30.4 Å². The number of halogens is 1. The van der Waals surface area contributed by atoms with Crippen molar-refractivity contribution in [1.82, 2.24) is 20.3 Å². The summed E-state index contributed by atoms with van der Waals surface area (Å²) in [7, 11) is 0. The molecule has 0 spiro atoms. The maximum atomic E-state index is 14.5. The van der Waals surface area contributed by atoms with Crippen LogP contribution < -0.4 is 21.1 Å². The number of nitrogens with zero attached hydrogens (tertiary/aromatic N) is 3. The van der Waals surface area contributed by atoms with Gasteiger partial charge in [-0.05, 0) is 49.9 Å². The summed E-state index contributed by atoms with van der Waals surface area (Å²) < 4.78 is 20.4. The number of carbonyl (C=O) groups is 1. The zero-order chi connectivity index (χ0) is 22.5. The Morgan fingerprint density at radius 3 is 2.97 bits per heavy atom. The minimum atomic E-state index is -0.527. The lowest BCUT2D eigenvalue weighted by molar-refractivity contribution is 0.102. The highest BCUT2D eigenvalue weighted by atomic mass is 32.1. The monoisotopic (exact) mass is 456 g/mol. The van der Waals surface area contributed by atoms with Crippen LogP contribution >= 0.6 is 11.3 Å². The van der Waals surface area contributed by atoms with Gasteiger partial charge in [-0.25, -0.2) is 14.4 Å². The van der Waals surface area contributed by atoms with Crippen molar-refractivity contribution < 1.29 is 13.9 Å². The van der Waals surface area contributed by atoms with Crippen LogP contribution in [-0.2, 0) is 6.42 Å². The molecule has 1 fully saturated rings. The van der Waals surface area contributed by atoms with Gasteiger partial charge in [-0.15, -0.1) is 0 Å². The molecule has 0 aliphatic carbocycles. The van der Waals surface area contributed by atoms with Crippen LogP contribution in [0.5, 0.6) is 5.88 Å². The highest BCUT2D eigenvalue weighted by Gasteiger charge is 2.22. The van der Waals surface area contributed by atoms with Gasteiger partial charge in [0.25, 0.3) is 5.91 Å². The lowest BCUT2D eigenvalue weighted by Crippen LogP contribution is -2.30. The number of amides is 1. The first-order valence-corrected chi connectivity index (χ1v) is 11.4. The molecule has 0 radical (unpaired) electrons. The van der Waals surface area contributed by atoms with Gasteiger partial charge in [0.05, 0.1) is 12.8 Å². The molecule has 1 aromatic carbocycles. The van der Waals surface area contributed by atoms with Crippen LogP contribution in [0.4, 0.5) is 15.1 Å². The van der Waals surface area contributed by atoms with Crippen LogP contribution in [0.25, 0.3) is 10.6 Å². The fraction of sp³-hybridized carbons (Fsp3) is 0.364. The van der Waals surface area contributed by atoms with Crippen LogP contribution in [0.1, 0.15) is 35.8 Å². The third-order valence-electron chi connectivity index (χ3n) is 5.40. The number of aromatic nitrogens is 3. The summed E-state index contributed by atoms with van der Waals surface area (Å²) in [5.74, 6) is -0.195. The summed E-state index contributed by atoms with van der Waals surface area (Å²) in [5.41, 5.74) is 7.61. The van der Waals surface area contributed by atoms with Crippen molar-refractivity contribution in [2.75, 3.05) is 30.7 Å². The number of nitrogen functional groups attached to an aromatic ring is 1. The molecule has 1 aliphatic heterocycles. The number of carbonyl (C=O) groups excluding carboxylic acids is 1. The average molecular weight is 457 g/mol. The van der Waals surface area contributed by atoms with Gasteiger partial charge in [0.1, 0.15) is 27.8 Å². The Hall–Kier alpha value is -3.11. The van der Waals surface area contributed by atoms with Gasteiger partial charge in [-0.3, -0.25) is 4.79 Å². The first-order chi connectivity index (χ1) is 15.6. The number of benzene rings is 1. The molecule has 8 nitrogen and oxygen atoms in total. The van der Waals surface area contributed by atoms with Gasteiger partial charge in [-0.2, -0.15) is 4.98 Å². The molecule has 10 heteroatoms. The third-order valence-corrected chi connectivity index (χ3v) is 6.30. The van der Waals surface area contributed by atoms with Gasteiger partial charge >= 0.3 is 0 Å². The molecular weight excluding hydrogens is 431 g/mol. The number of ether oxygens (including phenoxy) is 1. The predicted molar refractivity (Wildman–Crippen MR) is 122 cm³/mol. The smallest absolute Gasteiger partial charge is 0.277 e. The quantitative estimate of drug-likeness (QED) is 0.498. The van der Waals surface area contributed by atoms with E-state index < -0.39 is 11.7 Å². The molecular formula is C22H25FN6O2S. The van der Waals surface area contributed by atoms with E-state index in [1.807, 2.05) is 13.0 Å². The second kappa shape index (κ2) is 10.0. The molecule has 2 aromatic heterocycles. The highest BCUT2D eigenvalue weighted by Crippen LogP contribution is 2.35. The predicted octanol–water partition coefficient (Wildman–Crippen LogP) is 3.51. The Morgan fingerprint density at radius 2 is 2.19 bits per heavy atom. The van der Waals surface area contributed by atoms with Gasteiger partial charge in [0.15, 0.2) is 5.69 Å². The van der Waals surface area contributed by atoms with E-state index in [-0.39, 0.29) is 10.7 Å². The molecule has 0 unspecified atom stereocenters. The zero-order valence-electron chi connectivity index (χ0n) is 17.7. The van der Waals surface area contributed by atoms with E-state index in [0.29, 0.717) is 41.1 Å². The van der Waals surface area contributed by atoms with Crippen LogP contribution in [0.2, 0.25) is 0 Å². The number of nitrogens with one attached hydrogen (secondary N) is 2. The van der Waals surface area contributed by atoms with Crippen molar-refractivity contribution >= 4 is 27.9 Å². The lowest BCUT2D eigenvalue weighted by atomic mass is 9.99. The maximum Gasteiger partial charge on any atom is 0.277 e. The van der Waals surface area contributed by atoms with Crippen molar-refractivity contribution in [3.05, 3.63) is 47.8 Å². The summed E-state index contributed by atoms with van der Waals surface area (Å²) in [5, 5.41) is 6.63. The number of nitrogens with two attached hydrogens (primary N) is 1. The Bertz CT molecular complexity index is 1100. The molecule has 168 valence electrons. The Labute approximate surface area is 189 Å². The number of piperidine rings is 1. The van der Waals surface area contributed by atoms with Gasteiger partial charge in [0, 0.05) is 5.56 Å². The number of hydrogen-bond donors (Lipinski definition) is 3. The third kappa shape index (κ3) is 4.86. The SMILES string of the molecule is CCc1cccc(F)c1-c1nc(C(=O)Nc2cncnc2OCC2CCNCC2)c(N)s1. The number of aryl methyl sites for hydroxylation is 1. The van der Waals surface area contributed by atoms with Gasteiger partial charge < -0.3 is 21.1 Å². The summed E-state index contributed by atoms with van der Waals surface area (Å²) >= 11 is 1.08. The molecule has 3 aromatic rings. The average Bonchev–Trinajstić information content (AvgIpc) is 3.20. The topological polar surface area (TPSA) is 115 Å². The number of rotatable bonds is 7. The van der Waals surface area contributed by atoms with Crippen molar-refractivity contribution in [2.24, 2.45) is 5.92 Å². The minimum Gasteiger partial charge on any atom is -0.476 e. The summed E-state index contributed by atoms with van der Waals surface area (Å²) in [4.78, 5) is 25.4. The number of hydrogen-bond acceptors (Lipinski definition) is 8. The Morgan fingerprint density at radius 1 is 1.38 bits per heavy atom. The number of anilines is 2. The molecule has 0 atom stereocenters. The Kier molecular flexibility index (Phi) is 6.91. The standard InChI is InChI=1S/C22H25FN6O2S/c1-2-14-4-3-5-15(23)17(14)22-29-18(19(24)32-22)20(30)28-16-10-26-12-27-21(16)31-11-13-6-8-25-9-7-13/h3-5,10,12-13,25H,2,6-9,11,24H2,1H3,(H,28,30). The van der Waals surface area contributed by atoms with E-state index >= 15 is 0 Å². The molecule has 4 N–H and O–H groups in total.